The van der Waals surface area contributed by atoms with E-state index in [9.17, 15) is 0 Å². The lowest BCUT2D eigenvalue weighted by molar-refractivity contribution is 0.308. The van der Waals surface area contributed by atoms with Gasteiger partial charge < -0.3 is 5.32 Å². The van der Waals surface area contributed by atoms with Gasteiger partial charge in [-0.15, -0.1) is 0 Å². The molecule has 0 aliphatic heterocycles. The maximum atomic E-state index is 5.38. The van der Waals surface area contributed by atoms with Crippen LogP contribution in [0.25, 0.3) is 0 Å². The molecule has 110 valence electrons. The van der Waals surface area contributed by atoms with Crippen molar-refractivity contribution < 1.29 is 0 Å². The minimum Gasteiger partial charge on any atom is -0.358 e. The van der Waals surface area contributed by atoms with Gasteiger partial charge >= 0.3 is 0 Å². The topological polar surface area (TPSA) is 36.1 Å². The van der Waals surface area contributed by atoms with E-state index in [1.807, 2.05) is 0 Å². The van der Waals surface area contributed by atoms with E-state index in [2.05, 4.69) is 55.1 Å². The molecule has 1 aromatic carbocycles. The quantitative estimate of drug-likeness (QED) is 0.586. The molecule has 0 aromatic heterocycles. The Morgan fingerprint density at radius 2 is 1.95 bits per heavy atom. The van der Waals surface area contributed by atoms with Gasteiger partial charge in [0.05, 0.1) is 5.69 Å². The molecular weight excluding hydrogens is 266 g/mol. The van der Waals surface area contributed by atoms with Gasteiger partial charge in [-0.1, -0.05) is 31.9 Å². The number of hydrogen-bond acceptors (Lipinski definition) is 2. The standard InChI is InChI=1S/C16H25N3S/c1-11-8-9-13(3)15(10-11)18-19-16(20)17-14-7-5-4-6-12(14)2/h8-10,12,14,18H,4-7H2,1-3H3,(H2,17,19,20)/t12-,14+/m1/s1. The summed E-state index contributed by atoms with van der Waals surface area (Å²) in [7, 11) is 0. The largest absolute Gasteiger partial charge is 0.358 e. The highest BCUT2D eigenvalue weighted by Gasteiger charge is 2.21. The van der Waals surface area contributed by atoms with Crippen molar-refractivity contribution in [3.63, 3.8) is 0 Å². The third-order valence-electron chi connectivity index (χ3n) is 4.13. The molecule has 1 aliphatic carbocycles. The summed E-state index contributed by atoms with van der Waals surface area (Å²) in [5.41, 5.74) is 9.83. The van der Waals surface area contributed by atoms with Crippen LogP contribution in [0.4, 0.5) is 5.69 Å². The van der Waals surface area contributed by atoms with Crippen molar-refractivity contribution >= 4 is 23.0 Å². The number of nitrogens with one attached hydrogen (secondary N) is 3. The van der Waals surface area contributed by atoms with Crippen molar-refractivity contribution in [3.05, 3.63) is 29.3 Å². The second-order valence-electron chi connectivity index (χ2n) is 5.91. The van der Waals surface area contributed by atoms with Gasteiger partial charge in [0.15, 0.2) is 5.11 Å². The highest BCUT2D eigenvalue weighted by molar-refractivity contribution is 7.80. The summed E-state index contributed by atoms with van der Waals surface area (Å²) in [6.45, 7) is 6.48. The van der Waals surface area contributed by atoms with Crippen LogP contribution in [0.15, 0.2) is 18.2 Å². The highest BCUT2D eigenvalue weighted by atomic mass is 32.1. The van der Waals surface area contributed by atoms with Crippen LogP contribution in [0.3, 0.4) is 0 Å². The summed E-state index contributed by atoms with van der Waals surface area (Å²) in [6.07, 6.45) is 5.16. The molecule has 0 spiro atoms. The molecule has 0 radical (unpaired) electrons. The lowest BCUT2D eigenvalue weighted by atomic mass is 9.86. The van der Waals surface area contributed by atoms with Gasteiger partial charge in [0.1, 0.15) is 0 Å². The maximum absolute atomic E-state index is 5.38. The van der Waals surface area contributed by atoms with Crippen LogP contribution in [0.1, 0.15) is 43.7 Å². The van der Waals surface area contributed by atoms with E-state index in [4.69, 9.17) is 12.2 Å². The minimum atomic E-state index is 0.504. The Balaban J connectivity index is 1.84. The first-order valence-corrected chi connectivity index (χ1v) is 7.87. The number of benzene rings is 1. The Hall–Kier alpha value is -1.29. The zero-order chi connectivity index (χ0) is 14.5. The molecule has 4 heteroatoms. The zero-order valence-corrected chi connectivity index (χ0v) is 13.4. The number of hydrazine groups is 1. The molecular formula is C16H25N3S. The summed E-state index contributed by atoms with van der Waals surface area (Å²) < 4.78 is 0. The molecule has 2 atom stereocenters. The van der Waals surface area contributed by atoms with Crippen molar-refractivity contribution in [1.29, 1.82) is 0 Å². The molecule has 3 nitrogen and oxygen atoms in total. The first-order chi connectivity index (χ1) is 9.56. The van der Waals surface area contributed by atoms with E-state index in [1.165, 1.54) is 36.8 Å². The van der Waals surface area contributed by atoms with Gasteiger partial charge in [-0.05, 0) is 62.0 Å². The van der Waals surface area contributed by atoms with Gasteiger partial charge in [-0.2, -0.15) is 0 Å². The Morgan fingerprint density at radius 1 is 1.20 bits per heavy atom. The maximum Gasteiger partial charge on any atom is 0.185 e. The first-order valence-electron chi connectivity index (χ1n) is 7.46. The molecule has 0 bridgehead atoms. The second-order valence-corrected chi connectivity index (χ2v) is 6.32. The van der Waals surface area contributed by atoms with Crippen molar-refractivity contribution in [2.45, 2.75) is 52.5 Å². The van der Waals surface area contributed by atoms with Crippen LogP contribution in [-0.4, -0.2) is 11.2 Å². The van der Waals surface area contributed by atoms with Gasteiger partial charge in [-0.25, -0.2) is 0 Å². The molecule has 3 N–H and O–H groups in total. The molecule has 2 rings (SSSR count). The Labute approximate surface area is 127 Å². The van der Waals surface area contributed by atoms with Crippen LogP contribution in [0, 0.1) is 19.8 Å². The van der Waals surface area contributed by atoms with Gasteiger partial charge in [0.25, 0.3) is 0 Å². The number of rotatable bonds is 3. The van der Waals surface area contributed by atoms with E-state index in [-0.39, 0.29) is 0 Å². The second kappa shape index (κ2) is 6.93. The van der Waals surface area contributed by atoms with E-state index < -0.39 is 0 Å². The van der Waals surface area contributed by atoms with Crippen LogP contribution in [0.2, 0.25) is 0 Å². The van der Waals surface area contributed by atoms with E-state index in [1.54, 1.807) is 0 Å². The molecule has 1 fully saturated rings. The van der Waals surface area contributed by atoms with Crippen LogP contribution < -0.4 is 16.2 Å². The third-order valence-corrected chi connectivity index (χ3v) is 4.35. The van der Waals surface area contributed by atoms with Gasteiger partial charge in [-0.3, -0.25) is 10.9 Å². The number of hydrogen-bond donors (Lipinski definition) is 3. The van der Waals surface area contributed by atoms with Crippen molar-refractivity contribution in [3.8, 4) is 0 Å². The molecule has 0 unspecified atom stereocenters. The molecule has 20 heavy (non-hydrogen) atoms. The predicted molar refractivity (Wildman–Crippen MR) is 89.8 cm³/mol. The lowest BCUT2D eigenvalue weighted by Gasteiger charge is -2.30. The monoisotopic (exact) mass is 291 g/mol. The number of anilines is 1. The fraction of sp³-hybridized carbons (Fsp3) is 0.562. The number of aryl methyl sites for hydroxylation is 2. The summed E-state index contributed by atoms with van der Waals surface area (Å²) in [5.74, 6) is 0.698. The predicted octanol–water partition coefficient (Wildman–Crippen LogP) is 3.67. The Bertz CT molecular complexity index is 473. The summed E-state index contributed by atoms with van der Waals surface area (Å²) in [5, 5.41) is 4.12. The summed E-state index contributed by atoms with van der Waals surface area (Å²) >= 11 is 5.38. The highest BCUT2D eigenvalue weighted by Crippen LogP contribution is 2.23. The summed E-state index contributed by atoms with van der Waals surface area (Å²) in [6, 6.07) is 6.85. The average molecular weight is 291 g/mol. The minimum absolute atomic E-state index is 0.504. The Kier molecular flexibility index (Phi) is 5.24. The average Bonchev–Trinajstić information content (AvgIpc) is 2.42. The van der Waals surface area contributed by atoms with Crippen LogP contribution >= 0.6 is 12.2 Å². The summed E-state index contributed by atoms with van der Waals surface area (Å²) in [4.78, 5) is 0. The molecule has 0 amide bonds. The third kappa shape index (κ3) is 4.10. The van der Waals surface area contributed by atoms with E-state index in [0.29, 0.717) is 17.1 Å². The zero-order valence-electron chi connectivity index (χ0n) is 12.6. The van der Waals surface area contributed by atoms with E-state index >= 15 is 0 Å². The molecule has 1 aromatic rings. The molecule has 0 heterocycles. The van der Waals surface area contributed by atoms with E-state index in [0.717, 1.165) is 5.69 Å². The first kappa shape index (κ1) is 15.1. The van der Waals surface area contributed by atoms with Gasteiger partial charge in [0.2, 0.25) is 0 Å². The van der Waals surface area contributed by atoms with Gasteiger partial charge in [0, 0.05) is 6.04 Å². The normalized spacial score (nSPS) is 22.1. The van der Waals surface area contributed by atoms with Crippen LogP contribution in [0.5, 0.6) is 0 Å². The van der Waals surface area contributed by atoms with Crippen molar-refractivity contribution in [1.82, 2.24) is 10.7 Å². The van der Waals surface area contributed by atoms with Crippen molar-refractivity contribution in [2.75, 3.05) is 5.43 Å². The Morgan fingerprint density at radius 3 is 2.70 bits per heavy atom. The molecule has 0 saturated heterocycles. The fourth-order valence-corrected chi connectivity index (χ4v) is 2.93. The van der Waals surface area contributed by atoms with Crippen LogP contribution in [-0.2, 0) is 0 Å². The smallest absolute Gasteiger partial charge is 0.185 e. The number of thiocarbonyl (C=S) groups is 1. The lowest BCUT2D eigenvalue weighted by Crippen LogP contribution is -2.47. The molecule has 1 saturated carbocycles. The molecule has 1 aliphatic rings. The SMILES string of the molecule is Cc1ccc(C)c(NNC(=S)N[C@H]2CCCC[C@H]2C)c1. The van der Waals surface area contributed by atoms with Crippen molar-refractivity contribution in [2.24, 2.45) is 5.92 Å². The fourth-order valence-electron chi connectivity index (χ4n) is 2.73.